The molecule has 0 spiro atoms. The van der Waals surface area contributed by atoms with E-state index in [1.54, 1.807) is 31.2 Å². The molecule has 8 heteroatoms. The Hall–Kier alpha value is -2.90. The number of esters is 1. The van der Waals surface area contributed by atoms with Gasteiger partial charge in [-0.25, -0.2) is 4.79 Å². The van der Waals surface area contributed by atoms with Gasteiger partial charge >= 0.3 is 11.7 Å². The molecule has 0 saturated carbocycles. The number of likely N-dealkylation sites (tertiary alicyclic amines) is 1. The van der Waals surface area contributed by atoms with Crippen LogP contribution in [0.1, 0.15) is 24.8 Å². The van der Waals surface area contributed by atoms with Crippen LogP contribution in [0, 0.1) is 5.92 Å². The average Bonchev–Trinajstić information content (AvgIpc) is 2.79. The van der Waals surface area contributed by atoms with Crippen LogP contribution in [0.4, 0.5) is 0 Å². The maximum Gasteiger partial charge on any atom is 0.328 e. The van der Waals surface area contributed by atoms with Crippen LogP contribution in [-0.2, 0) is 16.1 Å². The monoisotopic (exact) mass is 455 g/mol. The molecule has 2 atom stereocenters. The Morgan fingerprint density at radius 3 is 2.75 bits per heavy atom. The zero-order valence-electron chi connectivity index (χ0n) is 17.9. The number of H-pyrrole nitrogens is 1. The summed E-state index contributed by atoms with van der Waals surface area (Å²) in [7, 11) is 0. The summed E-state index contributed by atoms with van der Waals surface area (Å²) in [5, 5.41) is 1.12. The van der Waals surface area contributed by atoms with Gasteiger partial charge in [0.25, 0.3) is 5.56 Å². The van der Waals surface area contributed by atoms with Crippen LogP contribution in [0.5, 0.6) is 0 Å². The molecule has 0 bridgehead atoms. The summed E-state index contributed by atoms with van der Waals surface area (Å²) in [6, 6.07) is 14.6. The number of nitrogens with one attached hydrogen (secondary N) is 1. The molecule has 2 aromatic carbocycles. The molecule has 0 aliphatic carbocycles. The number of rotatable bonds is 6. The van der Waals surface area contributed by atoms with E-state index < -0.39 is 5.69 Å². The lowest BCUT2D eigenvalue weighted by molar-refractivity contribution is -0.150. The van der Waals surface area contributed by atoms with Crippen molar-refractivity contribution in [3.63, 3.8) is 0 Å². The molecular weight excluding hydrogens is 430 g/mol. The topological polar surface area (TPSA) is 84.4 Å². The van der Waals surface area contributed by atoms with Gasteiger partial charge in [-0.3, -0.25) is 14.2 Å². The summed E-state index contributed by atoms with van der Waals surface area (Å²) >= 11 is 6.18. The average molecular weight is 456 g/mol. The molecule has 1 saturated heterocycles. The van der Waals surface area contributed by atoms with Crippen LogP contribution in [0.3, 0.4) is 0 Å². The smallest absolute Gasteiger partial charge is 0.328 e. The number of hydrogen-bond acceptors (Lipinski definition) is 5. The van der Waals surface area contributed by atoms with Crippen molar-refractivity contribution in [3.8, 4) is 0 Å². The van der Waals surface area contributed by atoms with Gasteiger partial charge in [0.1, 0.15) is 0 Å². The summed E-state index contributed by atoms with van der Waals surface area (Å²) < 4.78 is 6.58. The molecule has 1 N–H and O–H groups in total. The second-order valence-electron chi connectivity index (χ2n) is 8.04. The number of fused-ring (bicyclic) bond motifs is 1. The number of aromatic nitrogens is 2. The third-order valence-corrected chi connectivity index (χ3v) is 6.33. The lowest BCUT2D eigenvalue weighted by Gasteiger charge is -2.37. The first-order valence-electron chi connectivity index (χ1n) is 10.8. The first kappa shape index (κ1) is 22.3. The second-order valence-corrected chi connectivity index (χ2v) is 8.48. The van der Waals surface area contributed by atoms with Gasteiger partial charge in [0.2, 0.25) is 0 Å². The second kappa shape index (κ2) is 9.71. The lowest BCUT2D eigenvalue weighted by atomic mass is 9.80. The van der Waals surface area contributed by atoms with Crippen LogP contribution in [0.25, 0.3) is 10.9 Å². The third-order valence-electron chi connectivity index (χ3n) is 6.09. The zero-order valence-corrected chi connectivity index (χ0v) is 18.7. The van der Waals surface area contributed by atoms with Gasteiger partial charge in [0, 0.05) is 24.7 Å². The van der Waals surface area contributed by atoms with Crippen LogP contribution in [0.15, 0.2) is 58.1 Å². The SMILES string of the molecule is CCOC(=O)C1CN(CCn2c(=O)[nH]c3ccccc3c2=O)CC[C@@H]1c1cccc(Cl)c1. The minimum atomic E-state index is -0.426. The van der Waals surface area contributed by atoms with Gasteiger partial charge in [0.05, 0.1) is 23.4 Å². The molecule has 0 radical (unpaired) electrons. The number of aromatic amines is 1. The Bertz CT molecular complexity index is 1240. The molecule has 1 aromatic heterocycles. The molecule has 0 amide bonds. The highest BCUT2D eigenvalue weighted by atomic mass is 35.5. The van der Waals surface area contributed by atoms with E-state index in [9.17, 15) is 14.4 Å². The van der Waals surface area contributed by atoms with Crippen molar-refractivity contribution in [1.82, 2.24) is 14.5 Å². The lowest BCUT2D eigenvalue weighted by Crippen LogP contribution is -2.46. The summed E-state index contributed by atoms with van der Waals surface area (Å²) in [5.74, 6) is -0.563. The molecule has 1 fully saturated rings. The molecule has 1 aliphatic rings. The highest BCUT2D eigenvalue weighted by Crippen LogP contribution is 2.35. The van der Waals surface area contributed by atoms with Gasteiger partial charge in [-0.2, -0.15) is 0 Å². The van der Waals surface area contributed by atoms with E-state index in [2.05, 4.69) is 9.88 Å². The van der Waals surface area contributed by atoms with Crippen molar-refractivity contribution in [2.24, 2.45) is 5.92 Å². The molecule has 1 aliphatic heterocycles. The van der Waals surface area contributed by atoms with Crippen molar-refractivity contribution in [1.29, 1.82) is 0 Å². The summed E-state index contributed by atoms with van der Waals surface area (Å²) in [5.41, 5.74) is 0.824. The molecule has 4 rings (SSSR count). The number of carbonyl (C=O) groups excluding carboxylic acids is 1. The van der Waals surface area contributed by atoms with E-state index in [0.29, 0.717) is 35.6 Å². The van der Waals surface area contributed by atoms with Crippen LogP contribution < -0.4 is 11.2 Å². The van der Waals surface area contributed by atoms with Crippen LogP contribution in [-0.4, -0.2) is 46.7 Å². The van der Waals surface area contributed by atoms with E-state index in [1.807, 2.05) is 24.3 Å². The third kappa shape index (κ3) is 4.64. The van der Waals surface area contributed by atoms with Crippen molar-refractivity contribution < 1.29 is 9.53 Å². The Balaban J connectivity index is 1.52. The van der Waals surface area contributed by atoms with E-state index in [4.69, 9.17) is 16.3 Å². The Morgan fingerprint density at radius 1 is 1.16 bits per heavy atom. The maximum absolute atomic E-state index is 12.8. The zero-order chi connectivity index (χ0) is 22.7. The predicted octanol–water partition coefficient (Wildman–Crippen LogP) is 3.01. The Kier molecular flexibility index (Phi) is 6.77. The number of ether oxygens (including phenoxy) is 1. The van der Waals surface area contributed by atoms with Crippen molar-refractivity contribution in [2.75, 3.05) is 26.2 Å². The fourth-order valence-corrected chi connectivity index (χ4v) is 4.69. The molecule has 1 unspecified atom stereocenters. The Morgan fingerprint density at radius 2 is 1.97 bits per heavy atom. The van der Waals surface area contributed by atoms with Crippen LogP contribution in [0.2, 0.25) is 5.02 Å². The summed E-state index contributed by atoms with van der Waals surface area (Å²) in [6.07, 6.45) is 0.757. The molecule has 7 nitrogen and oxygen atoms in total. The molecule has 2 heterocycles. The largest absolute Gasteiger partial charge is 0.466 e. The van der Waals surface area contributed by atoms with Gasteiger partial charge < -0.3 is 14.6 Å². The van der Waals surface area contributed by atoms with Crippen molar-refractivity contribution in [3.05, 3.63) is 80.0 Å². The number of benzene rings is 2. The number of halogens is 1. The van der Waals surface area contributed by atoms with E-state index in [-0.39, 0.29) is 29.9 Å². The number of hydrogen-bond donors (Lipinski definition) is 1. The molecular formula is C24H26ClN3O4. The number of nitrogens with zero attached hydrogens (tertiary/aromatic N) is 2. The Labute approximate surface area is 190 Å². The number of carbonyl (C=O) groups is 1. The van der Waals surface area contributed by atoms with Gasteiger partial charge in [-0.15, -0.1) is 0 Å². The van der Waals surface area contributed by atoms with Crippen LogP contribution >= 0.6 is 11.6 Å². The summed E-state index contributed by atoms with van der Waals surface area (Å²) in [4.78, 5) is 42.9. The first-order chi connectivity index (χ1) is 15.5. The van der Waals surface area contributed by atoms with Gasteiger partial charge in [-0.1, -0.05) is 35.9 Å². The van der Waals surface area contributed by atoms with E-state index >= 15 is 0 Å². The number of para-hydroxylation sites is 1. The number of piperidine rings is 1. The van der Waals surface area contributed by atoms with Gasteiger partial charge in [-0.05, 0) is 55.6 Å². The first-order valence-corrected chi connectivity index (χ1v) is 11.2. The predicted molar refractivity (Wildman–Crippen MR) is 124 cm³/mol. The highest BCUT2D eigenvalue weighted by Gasteiger charge is 2.36. The quantitative estimate of drug-likeness (QED) is 0.577. The van der Waals surface area contributed by atoms with E-state index in [0.717, 1.165) is 18.5 Å². The standard InChI is InChI=1S/C24H26ClN3O4/c1-2-32-23(30)20-15-27(11-10-18(20)16-6-5-7-17(25)14-16)12-13-28-22(29)19-8-3-4-9-21(19)26-24(28)31/h3-9,14,18,20H,2,10-13,15H2,1H3,(H,26,31)/t18-,20?/m1/s1. The normalized spacial score (nSPS) is 19.2. The fourth-order valence-electron chi connectivity index (χ4n) is 4.49. The van der Waals surface area contributed by atoms with Crippen molar-refractivity contribution in [2.45, 2.75) is 25.8 Å². The minimum Gasteiger partial charge on any atom is -0.466 e. The van der Waals surface area contributed by atoms with E-state index in [1.165, 1.54) is 4.57 Å². The summed E-state index contributed by atoms with van der Waals surface area (Å²) in [6.45, 7) is 4.09. The van der Waals surface area contributed by atoms with Crippen molar-refractivity contribution >= 4 is 28.5 Å². The molecule has 3 aromatic rings. The van der Waals surface area contributed by atoms with Gasteiger partial charge in [0.15, 0.2) is 0 Å². The molecule has 168 valence electrons. The maximum atomic E-state index is 12.8. The minimum absolute atomic E-state index is 0.00999. The fraction of sp³-hybridized carbons (Fsp3) is 0.375. The highest BCUT2D eigenvalue weighted by molar-refractivity contribution is 6.30. The molecule has 32 heavy (non-hydrogen) atoms.